The maximum atomic E-state index is 12.1. The van der Waals surface area contributed by atoms with Gasteiger partial charge in [-0.15, -0.1) is 0 Å². The standard InChI is InChI=1S/C18H29N3O2/c1-13-9-21(10-14(2)23-13)11-15-5-7-16(8-6-15)17(22)20-12-18(3,4)19/h5-8,13-14H,9-12,19H2,1-4H3,(H,20,22). The predicted molar refractivity (Wildman–Crippen MR) is 92.3 cm³/mol. The normalized spacial score (nSPS) is 22.8. The number of rotatable bonds is 5. The second-order valence-corrected chi connectivity index (χ2v) is 7.32. The van der Waals surface area contributed by atoms with Crippen molar-refractivity contribution >= 4 is 5.91 Å². The lowest BCUT2D eigenvalue weighted by molar-refractivity contribution is -0.0704. The van der Waals surface area contributed by atoms with Crippen molar-refractivity contribution in [3.05, 3.63) is 35.4 Å². The first-order chi connectivity index (χ1) is 10.7. The van der Waals surface area contributed by atoms with Gasteiger partial charge in [-0.05, 0) is 45.4 Å². The van der Waals surface area contributed by atoms with Crippen molar-refractivity contribution in [1.29, 1.82) is 0 Å². The molecule has 1 saturated heterocycles. The van der Waals surface area contributed by atoms with Crippen molar-refractivity contribution in [2.24, 2.45) is 5.73 Å². The van der Waals surface area contributed by atoms with E-state index in [-0.39, 0.29) is 18.1 Å². The van der Waals surface area contributed by atoms with Gasteiger partial charge < -0.3 is 15.8 Å². The third kappa shape index (κ3) is 5.94. The molecule has 0 aromatic heterocycles. The molecule has 1 heterocycles. The first-order valence-corrected chi connectivity index (χ1v) is 8.27. The molecule has 5 nitrogen and oxygen atoms in total. The van der Waals surface area contributed by atoms with E-state index in [9.17, 15) is 4.79 Å². The Kier molecular flexibility index (Phi) is 5.79. The van der Waals surface area contributed by atoms with E-state index in [2.05, 4.69) is 24.1 Å². The van der Waals surface area contributed by atoms with Gasteiger partial charge in [0.05, 0.1) is 12.2 Å². The Hall–Kier alpha value is -1.43. The maximum Gasteiger partial charge on any atom is 0.251 e. The average Bonchev–Trinajstić information content (AvgIpc) is 2.43. The summed E-state index contributed by atoms with van der Waals surface area (Å²) in [6, 6.07) is 7.80. The Morgan fingerprint density at radius 1 is 1.26 bits per heavy atom. The number of ether oxygens (including phenoxy) is 1. The van der Waals surface area contributed by atoms with E-state index in [1.165, 1.54) is 5.56 Å². The molecular formula is C18H29N3O2. The lowest BCUT2D eigenvalue weighted by atomic mass is 10.1. The fraction of sp³-hybridized carbons (Fsp3) is 0.611. The van der Waals surface area contributed by atoms with Gasteiger partial charge in [-0.3, -0.25) is 9.69 Å². The van der Waals surface area contributed by atoms with E-state index in [0.717, 1.165) is 19.6 Å². The molecule has 2 unspecified atom stereocenters. The molecule has 23 heavy (non-hydrogen) atoms. The second kappa shape index (κ2) is 7.43. The molecule has 5 heteroatoms. The van der Waals surface area contributed by atoms with E-state index in [1.54, 1.807) is 0 Å². The number of nitrogens with one attached hydrogen (secondary N) is 1. The molecule has 0 bridgehead atoms. The Balaban J connectivity index is 1.90. The van der Waals surface area contributed by atoms with Crippen molar-refractivity contribution in [1.82, 2.24) is 10.2 Å². The van der Waals surface area contributed by atoms with Crippen LogP contribution in [0.15, 0.2) is 24.3 Å². The molecule has 128 valence electrons. The fourth-order valence-corrected chi connectivity index (χ4v) is 2.84. The molecule has 1 fully saturated rings. The van der Waals surface area contributed by atoms with Crippen molar-refractivity contribution in [3.8, 4) is 0 Å². The minimum absolute atomic E-state index is 0.0799. The van der Waals surface area contributed by atoms with Crippen LogP contribution in [0.25, 0.3) is 0 Å². The summed E-state index contributed by atoms with van der Waals surface area (Å²) in [6.45, 7) is 11.2. The summed E-state index contributed by atoms with van der Waals surface area (Å²) in [4.78, 5) is 14.5. The highest BCUT2D eigenvalue weighted by molar-refractivity contribution is 5.94. The average molecular weight is 319 g/mol. The smallest absolute Gasteiger partial charge is 0.251 e. The van der Waals surface area contributed by atoms with E-state index >= 15 is 0 Å². The molecule has 1 aliphatic rings. The number of hydrogen-bond donors (Lipinski definition) is 2. The molecule has 1 aromatic carbocycles. The van der Waals surface area contributed by atoms with Crippen LogP contribution in [0.4, 0.5) is 0 Å². The zero-order chi connectivity index (χ0) is 17.0. The summed E-state index contributed by atoms with van der Waals surface area (Å²) in [6.07, 6.45) is 0.534. The van der Waals surface area contributed by atoms with Crippen LogP contribution in [0.2, 0.25) is 0 Å². The number of nitrogens with two attached hydrogens (primary N) is 1. The lowest BCUT2D eigenvalue weighted by Gasteiger charge is -2.35. The van der Waals surface area contributed by atoms with Crippen LogP contribution in [0.3, 0.4) is 0 Å². The summed E-state index contributed by atoms with van der Waals surface area (Å²) in [5, 5.41) is 2.86. The number of nitrogens with zero attached hydrogens (tertiary/aromatic N) is 1. The molecule has 1 aromatic rings. The largest absolute Gasteiger partial charge is 0.373 e. The monoisotopic (exact) mass is 319 g/mol. The number of benzene rings is 1. The van der Waals surface area contributed by atoms with Crippen LogP contribution in [0, 0.1) is 0 Å². The third-order valence-corrected chi connectivity index (χ3v) is 3.82. The third-order valence-electron chi connectivity index (χ3n) is 3.82. The van der Waals surface area contributed by atoms with Gasteiger partial charge in [-0.2, -0.15) is 0 Å². The minimum atomic E-state index is -0.403. The Bertz CT molecular complexity index is 512. The quantitative estimate of drug-likeness (QED) is 0.868. The molecule has 0 saturated carbocycles. The van der Waals surface area contributed by atoms with Gasteiger partial charge >= 0.3 is 0 Å². The Morgan fingerprint density at radius 3 is 2.35 bits per heavy atom. The SMILES string of the molecule is CC1CN(Cc2ccc(C(=O)NCC(C)(C)N)cc2)CC(C)O1. The lowest BCUT2D eigenvalue weighted by Crippen LogP contribution is -2.45. The van der Waals surface area contributed by atoms with Gasteiger partial charge in [0, 0.05) is 37.3 Å². The summed E-state index contributed by atoms with van der Waals surface area (Å²) < 4.78 is 5.75. The predicted octanol–water partition coefficient (Wildman–Crippen LogP) is 1.76. The zero-order valence-corrected chi connectivity index (χ0v) is 14.6. The summed E-state index contributed by atoms with van der Waals surface area (Å²) in [5.41, 5.74) is 7.36. The van der Waals surface area contributed by atoms with Crippen LogP contribution in [-0.4, -0.2) is 48.2 Å². The van der Waals surface area contributed by atoms with E-state index in [0.29, 0.717) is 12.1 Å². The minimum Gasteiger partial charge on any atom is -0.373 e. The zero-order valence-electron chi connectivity index (χ0n) is 14.6. The topological polar surface area (TPSA) is 67.6 Å². The number of amides is 1. The summed E-state index contributed by atoms with van der Waals surface area (Å²) in [7, 11) is 0. The van der Waals surface area contributed by atoms with Crippen molar-refractivity contribution in [2.75, 3.05) is 19.6 Å². The molecular weight excluding hydrogens is 290 g/mol. The first-order valence-electron chi connectivity index (χ1n) is 8.27. The Morgan fingerprint density at radius 2 is 1.83 bits per heavy atom. The van der Waals surface area contributed by atoms with Gasteiger partial charge in [0.25, 0.3) is 5.91 Å². The molecule has 1 aliphatic heterocycles. The highest BCUT2D eigenvalue weighted by Crippen LogP contribution is 2.14. The van der Waals surface area contributed by atoms with Crippen LogP contribution in [0.5, 0.6) is 0 Å². The molecule has 0 spiro atoms. The summed E-state index contributed by atoms with van der Waals surface area (Å²) in [5.74, 6) is -0.0799. The Labute approximate surface area is 139 Å². The number of carbonyl (C=O) groups excluding carboxylic acids is 1. The fourth-order valence-electron chi connectivity index (χ4n) is 2.84. The van der Waals surface area contributed by atoms with E-state index in [1.807, 2.05) is 38.1 Å². The van der Waals surface area contributed by atoms with Crippen molar-refractivity contribution in [2.45, 2.75) is 52.0 Å². The van der Waals surface area contributed by atoms with Crippen molar-refractivity contribution in [3.63, 3.8) is 0 Å². The molecule has 3 N–H and O–H groups in total. The van der Waals surface area contributed by atoms with Crippen molar-refractivity contribution < 1.29 is 9.53 Å². The van der Waals surface area contributed by atoms with Gasteiger partial charge in [0.15, 0.2) is 0 Å². The highest BCUT2D eigenvalue weighted by Gasteiger charge is 2.22. The maximum absolute atomic E-state index is 12.1. The highest BCUT2D eigenvalue weighted by atomic mass is 16.5. The van der Waals surface area contributed by atoms with Crippen LogP contribution in [0.1, 0.15) is 43.6 Å². The van der Waals surface area contributed by atoms with Gasteiger partial charge in [-0.25, -0.2) is 0 Å². The van der Waals surface area contributed by atoms with Gasteiger partial charge in [0.2, 0.25) is 0 Å². The number of hydrogen-bond acceptors (Lipinski definition) is 4. The van der Waals surface area contributed by atoms with E-state index in [4.69, 9.17) is 10.5 Å². The number of carbonyl (C=O) groups is 1. The number of morpholine rings is 1. The summed E-state index contributed by atoms with van der Waals surface area (Å²) >= 11 is 0. The van der Waals surface area contributed by atoms with Crippen LogP contribution in [-0.2, 0) is 11.3 Å². The van der Waals surface area contributed by atoms with E-state index < -0.39 is 5.54 Å². The van der Waals surface area contributed by atoms with Crippen LogP contribution >= 0.6 is 0 Å². The molecule has 2 rings (SSSR count). The molecule has 2 atom stereocenters. The molecule has 1 amide bonds. The van der Waals surface area contributed by atoms with Gasteiger partial charge in [-0.1, -0.05) is 12.1 Å². The van der Waals surface area contributed by atoms with Gasteiger partial charge in [0.1, 0.15) is 0 Å². The molecule has 0 radical (unpaired) electrons. The first kappa shape index (κ1) is 17.9. The molecule has 0 aliphatic carbocycles. The second-order valence-electron chi connectivity index (χ2n) is 7.32. The van der Waals surface area contributed by atoms with Crippen LogP contribution < -0.4 is 11.1 Å².